The van der Waals surface area contributed by atoms with Gasteiger partial charge < -0.3 is 4.57 Å². The number of aromatic nitrogens is 1. The molecule has 0 bridgehead atoms. The number of halogens is 1. The SMILES string of the molecule is [C-]#[N+]c1cc(Br)cc(-n2c3ccccc3c3ccccc32)c1. The minimum absolute atomic E-state index is 0.631. The molecule has 0 saturated carbocycles. The molecule has 0 amide bonds. The number of para-hydroxylation sites is 2. The Kier molecular flexibility index (Phi) is 2.99. The second-order valence-electron chi connectivity index (χ2n) is 5.15. The first-order valence-electron chi connectivity index (χ1n) is 6.94. The molecule has 0 fully saturated rings. The van der Waals surface area contributed by atoms with Gasteiger partial charge in [-0.15, -0.1) is 0 Å². The summed E-state index contributed by atoms with van der Waals surface area (Å²) in [6.07, 6.45) is 0. The quantitative estimate of drug-likeness (QED) is 0.368. The molecule has 0 aliphatic heterocycles. The second-order valence-corrected chi connectivity index (χ2v) is 6.06. The number of hydrogen-bond acceptors (Lipinski definition) is 0. The lowest BCUT2D eigenvalue weighted by Gasteiger charge is -2.09. The highest BCUT2D eigenvalue weighted by Gasteiger charge is 2.12. The first-order chi connectivity index (χ1) is 10.8. The molecule has 4 aromatic rings. The van der Waals surface area contributed by atoms with E-state index in [1.165, 1.54) is 10.8 Å². The van der Waals surface area contributed by atoms with Crippen molar-refractivity contribution >= 4 is 43.4 Å². The molecule has 2 nitrogen and oxygen atoms in total. The fraction of sp³-hybridized carbons (Fsp3) is 0. The van der Waals surface area contributed by atoms with Gasteiger partial charge in [-0.1, -0.05) is 52.3 Å². The molecule has 22 heavy (non-hydrogen) atoms. The van der Waals surface area contributed by atoms with E-state index in [0.717, 1.165) is 21.2 Å². The van der Waals surface area contributed by atoms with Crippen LogP contribution in [0.5, 0.6) is 0 Å². The zero-order chi connectivity index (χ0) is 15.1. The number of fused-ring (bicyclic) bond motifs is 3. The normalized spacial score (nSPS) is 10.9. The Balaban J connectivity index is 2.18. The van der Waals surface area contributed by atoms with E-state index >= 15 is 0 Å². The maximum absolute atomic E-state index is 7.28. The van der Waals surface area contributed by atoms with E-state index in [9.17, 15) is 0 Å². The fourth-order valence-corrected chi connectivity index (χ4v) is 3.42. The number of rotatable bonds is 1. The summed E-state index contributed by atoms with van der Waals surface area (Å²) in [5, 5.41) is 2.45. The monoisotopic (exact) mass is 346 g/mol. The van der Waals surface area contributed by atoms with Crippen LogP contribution in [0.15, 0.2) is 71.2 Å². The third-order valence-corrected chi connectivity index (χ3v) is 4.29. The molecule has 3 heteroatoms. The van der Waals surface area contributed by atoms with Gasteiger partial charge in [-0.25, -0.2) is 4.85 Å². The Morgan fingerprint density at radius 3 is 2.00 bits per heavy atom. The lowest BCUT2D eigenvalue weighted by molar-refractivity contribution is 1.18. The Hall–Kier alpha value is -2.57. The molecule has 1 heterocycles. The highest BCUT2D eigenvalue weighted by molar-refractivity contribution is 9.10. The first-order valence-corrected chi connectivity index (χ1v) is 7.74. The van der Waals surface area contributed by atoms with E-state index in [1.54, 1.807) is 0 Å². The third kappa shape index (κ3) is 1.93. The van der Waals surface area contributed by atoms with E-state index in [-0.39, 0.29) is 0 Å². The van der Waals surface area contributed by atoms with Crippen molar-refractivity contribution in [3.63, 3.8) is 0 Å². The van der Waals surface area contributed by atoms with Crippen molar-refractivity contribution < 1.29 is 0 Å². The number of hydrogen-bond donors (Lipinski definition) is 0. The van der Waals surface area contributed by atoms with Crippen molar-refractivity contribution in [2.75, 3.05) is 0 Å². The van der Waals surface area contributed by atoms with Gasteiger partial charge in [-0.2, -0.15) is 0 Å². The van der Waals surface area contributed by atoms with E-state index in [2.05, 4.69) is 61.7 Å². The van der Waals surface area contributed by atoms with Gasteiger partial charge in [0, 0.05) is 20.9 Å². The largest absolute Gasteiger partial charge is 0.310 e. The number of benzene rings is 3. The molecular formula is C19H11BrN2. The van der Waals surface area contributed by atoms with Crippen molar-refractivity contribution in [2.24, 2.45) is 0 Å². The summed E-state index contributed by atoms with van der Waals surface area (Å²) in [6.45, 7) is 7.28. The van der Waals surface area contributed by atoms with Crippen molar-refractivity contribution in [2.45, 2.75) is 0 Å². The van der Waals surface area contributed by atoms with Crippen molar-refractivity contribution in [1.82, 2.24) is 4.57 Å². The molecule has 0 atom stereocenters. The second kappa shape index (κ2) is 5.01. The van der Waals surface area contributed by atoms with Crippen LogP contribution in [0.4, 0.5) is 5.69 Å². The Morgan fingerprint density at radius 2 is 1.41 bits per heavy atom. The fourth-order valence-electron chi connectivity index (χ4n) is 2.95. The summed E-state index contributed by atoms with van der Waals surface area (Å²) in [5.74, 6) is 0. The maximum atomic E-state index is 7.28. The molecule has 104 valence electrons. The van der Waals surface area contributed by atoms with E-state index in [0.29, 0.717) is 5.69 Å². The Labute approximate surface area is 136 Å². The van der Waals surface area contributed by atoms with Crippen LogP contribution in [0.3, 0.4) is 0 Å². The summed E-state index contributed by atoms with van der Waals surface area (Å²) in [7, 11) is 0. The highest BCUT2D eigenvalue weighted by atomic mass is 79.9. The van der Waals surface area contributed by atoms with Gasteiger partial charge in [-0.05, 0) is 30.3 Å². The van der Waals surface area contributed by atoms with Crippen LogP contribution in [0.1, 0.15) is 0 Å². The van der Waals surface area contributed by atoms with Gasteiger partial charge in [0.05, 0.1) is 17.6 Å². The average Bonchev–Trinajstić information content (AvgIpc) is 2.89. The summed E-state index contributed by atoms with van der Waals surface area (Å²) >= 11 is 3.51. The van der Waals surface area contributed by atoms with Gasteiger partial charge in [0.15, 0.2) is 5.69 Å². The van der Waals surface area contributed by atoms with Crippen LogP contribution in [-0.2, 0) is 0 Å². The predicted octanol–water partition coefficient (Wildman–Crippen LogP) is 6.10. The lowest BCUT2D eigenvalue weighted by Crippen LogP contribution is -1.93. The third-order valence-electron chi connectivity index (χ3n) is 3.83. The molecule has 0 aliphatic carbocycles. The van der Waals surface area contributed by atoms with Crippen LogP contribution in [-0.4, -0.2) is 4.57 Å². The Morgan fingerprint density at radius 1 is 0.818 bits per heavy atom. The first kappa shape index (κ1) is 13.1. The van der Waals surface area contributed by atoms with Crippen LogP contribution < -0.4 is 0 Å². The molecule has 4 rings (SSSR count). The van der Waals surface area contributed by atoms with E-state index < -0.39 is 0 Å². The molecule has 1 aromatic heterocycles. The molecule has 0 N–H and O–H groups in total. The molecule has 0 spiro atoms. The average molecular weight is 347 g/mol. The van der Waals surface area contributed by atoms with Gasteiger partial charge in [0.2, 0.25) is 0 Å². The summed E-state index contributed by atoms with van der Waals surface area (Å²) in [6, 6.07) is 22.5. The van der Waals surface area contributed by atoms with Crippen LogP contribution >= 0.6 is 15.9 Å². The lowest BCUT2D eigenvalue weighted by atomic mass is 10.2. The zero-order valence-corrected chi connectivity index (χ0v) is 13.2. The standard InChI is InChI=1S/C19H11BrN2/c1-21-14-10-13(20)11-15(12-14)22-18-8-4-2-6-16(18)17-7-3-5-9-19(17)22/h2-12H. The van der Waals surface area contributed by atoms with Crippen LogP contribution in [0.2, 0.25) is 0 Å². The van der Waals surface area contributed by atoms with Crippen molar-refractivity contribution in [1.29, 1.82) is 0 Å². The smallest absolute Gasteiger partial charge is 0.190 e. The van der Waals surface area contributed by atoms with E-state index in [4.69, 9.17) is 6.57 Å². The minimum atomic E-state index is 0.631. The summed E-state index contributed by atoms with van der Waals surface area (Å²) in [4.78, 5) is 3.57. The van der Waals surface area contributed by atoms with Crippen molar-refractivity contribution in [3.05, 3.63) is 82.6 Å². The summed E-state index contributed by atoms with van der Waals surface area (Å²) in [5.41, 5.74) is 3.93. The Bertz CT molecular complexity index is 1000. The summed E-state index contributed by atoms with van der Waals surface area (Å²) < 4.78 is 3.13. The topological polar surface area (TPSA) is 9.29 Å². The van der Waals surface area contributed by atoms with Gasteiger partial charge in [0.1, 0.15) is 0 Å². The zero-order valence-electron chi connectivity index (χ0n) is 11.6. The molecular weight excluding hydrogens is 336 g/mol. The van der Waals surface area contributed by atoms with E-state index in [1.807, 2.05) is 30.3 Å². The maximum Gasteiger partial charge on any atom is 0.190 e. The minimum Gasteiger partial charge on any atom is -0.310 e. The molecule has 0 radical (unpaired) electrons. The number of nitrogens with zero attached hydrogens (tertiary/aromatic N) is 2. The van der Waals surface area contributed by atoms with Crippen LogP contribution in [0, 0.1) is 6.57 Å². The highest BCUT2D eigenvalue weighted by Crippen LogP contribution is 2.34. The van der Waals surface area contributed by atoms with Crippen LogP contribution in [0.25, 0.3) is 32.3 Å². The molecule has 0 unspecified atom stereocenters. The predicted molar refractivity (Wildman–Crippen MR) is 94.7 cm³/mol. The molecule has 3 aromatic carbocycles. The van der Waals surface area contributed by atoms with Gasteiger partial charge in [0.25, 0.3) is 0 Å². The molecule has 0 saturated heterocycles. The van der Waals surface area contributed by atoms with Gasteiger partial charge >= 0.3 is 0 Å². The molecule has 0 aliphatic rings. The van der Waals surface area contributed by atoms with Crippen molar-refractivity contribution in [3.8, 4) is 5.69 Å². The van der Waals surface area contributed by atoms with Gasteiger partial charge in [-0.3, -0.25) is 0 Å².